The van der Waals surface area contributed by atoms with E-state index < -0.39 is 5.97 Å². The Morgan fingerprint density at radius 1 is 1.55 bits per heavy atom. The Bertz CT molecular complexity index is 529. The molecule has 0 radical (unpaired) electrons. The molecule has 1 saturated heterocycles. The van der Waals surface area contributed by atoms with Gasteiger partial charge in [-0.25, -0.2) is 9.78 Å². The van der Waals surface area contributed by atoms with Crippen molar-refractivity contribution in [3.05, 3.63) is 17.3 Å². The van der Waals surface area contributed by atoms with E-state index in [0.29, 0.717) is 0 Å². The summed E-state index contributed by atoms with van der Waals surface area (Å²) in [6.07, 6.45) is 0. The fraction of sp³-hybridized carbons (Fsp3) is 0.571. The van der Waals surface area contributed by atoms with Crippen LogP contribution in [0.1, 0.15) is 29.9 Å². The van der Waals surface area contributed by atoms with Gasteiger partial charge in [0.15, 0.2) is 0 Å². The van der Waals surface area contributed by atoms with E-state index in [1.54, 1.807) is 6.07 Å². The van der Waals surface area contributed by atoms with E-state index in [2.05, 4.69) is 29.0 Å². The number of aromatic nitrogens is 1. The lowest BCUT2D eigenvalue weighted by molar-refractivity contribution is 0.0692. The number of nitrogens with zero attached hydrogens (tertiary/aromatic N) is 2. The Kier molecular flexibility index (Phi) is 3.85. The second-order valence-corrected chi connectivity index (χ2v) is 5.69. The highest BCUT2D eigenvalue weighted by Gasteiger charge is 2.28. The number of pyridine rings is 1. The first-order valence-electron chi connectivity index (χ1n) is 6.63. The number of nitrogens with one attached hydrogen (secondary N) is 1. The number of anilines is 1. The van der Waals surface area contributed by atoms with Gasteiger partial charge in [0.2, 0.25) is 5.88 Å². The standard InChI is InChI=1S/C14H21N3O3/c1-9-11(17-6-5-15-14(2,3)8-17)7-10(13(18)19)12(16-9)20-4/h7,15H,5-6,8H2,1-4H3,(H,18,19). The summed E-state index contributed by atoms with van der Waals surface area (Å²) in [7, 11) is 1.43. The van der Waals surface area contributed by atoms with E-state index in [1.807, 2.05) is 6.92 Å². The van der Waals surface area contributed by atoms with Gasteiger partial charge in [-0.3, -0.25) is 0 Å². The zero-order valence-corrected chi connectivity index (χ0v) is 12.4. The monoisotopic (exact) mass is 279 g/mol. The van der Waals surface area contributed by atoms with Crippen molar-refractivity contribution in [1.29, 1.82) is 0 Å². The third-order valence-corrected chi connectivity index (χ3v) is 3.49. The molecule has 2 N–H and O–H groups in total. The van der Waals surface area contributed by atoms with Crippen LogP contribution < -0.4 is 15.0 Å². The summed E-state index contributed by atoms with van der Waals surface area (Å²) in [4.78, 5) is 17.7. The van der Waals surface area contributed by atoms with Crippen molar-refractivity contribution in [3.8, 4) is 5.88 Å². The summed E-state index contributed by atoms with van der Waals surface area (Å²) >= 11 is 0. The molecular weight excluding hydrogens is 258 g/mol. The third-order valence-electron chi connectivity index (χ3n) is 3.49. The molecule has 6 nitrogen and oxygen atoms in total. The number of carbonyl (C=O) groups is 1. The number of hydrogen-bond donors (Lipinski definition) is 2. The Hall–Kier alpha value is -1.82. The first kappa shape index (κ1) is 14.6. The van der Waals surface area contributed by atoms with Gasteiger partial charge in [-0.2, -0.15) is 0 Å². The number of carboxylic acids is 1. The van der Waals surface area contributed by atoms with Crippen LogP contribution in [-0.2, 0) is 0 Å². The number of carboxylic acid groups (broad SMARTS) is 1. The van der Waals surface area contributed by atoms with E-state index in [4.69, 9.17) is 4.74 Å². The fourth-order valence-electron chi connectivity index (χ4n) is 2.55. The van der Waals surface area contributed by atoms with E-state index in [9.17, 15) is 9.90 Å². The van der Waals surface area contributed by atoms with Gasteiger partial charge in [-0.1, -0.05) is 0 Å². The minimum Gasteiger partial charge on any atom is -0.480 e. The predicted molar refractivity (Wildman–Crippen MR) is 76.8 cm³/mol. The molecule has 1 fully saturated rings. The van der Waals surface area contributed by atoms with Crippen molar-refractivity contribution in [3.63, 3.8) is 0 Å². The zero-order chi connectivity index (χ0) is 14.9. The SMILES string of the molecule is COc1nc(C)c(N2CCNC(C)(C)C2)cc1C(=O)O. The molecule has 20 heavy (non-hydrogen) atoms. The highest BCUT2D eigenvalue weighted by atomic mass is 16.5. The lowest BCUT2D eigenvalue weighted by atomic mass is 10.0. The molecule has 0 unspecified atom stereocenters. The quantitative estimate of drug-likeness (QED) is 0.868. The predicted octanol–water partition coefficient (Wildman–Crippen LogP) is 1.29. The van der Waals surface area contributed by atoms with Crippen LogP contribution in [0.15, 0.2) is 6.07 Å². The highest BCUT2D eigenvalue weighted by molar-refractivity contribution is 5.91. The maximum absolute atomic E-state index is 11.3. The Balaban J connectivity index is 2.41. The number of methoxy groups -OCH3 is 1. The number of hydrogen-bond acceptors (Lipinski definition) is 5. The minimum absolute atomic E-state index is 0.00595. The summed E-state index contributed by atoms with van der Waals surface area (Å²) in [6, 6.07) is 1.66. The minimum atomic E-state index is -1.02. The van der Waals surface area contributed by atoms with Gasteiger partial charge < -0.3 is 20.1 Å². The van der Waals surface area contributed by atoms with E-state index in [0.717, 1.165) is 31.0 Å². The molecule has 110 valence electrons. The number of piperazine rings is 1. The summed E-state index contributed by atoms with van der Waals surface area (Å²) in [5.41, 5.74) is 1.74. The zero-order valence-electron chi connectivity index (χ0n) is 12.4. The van der Waals surface area contributed by atoms with Crippen LogP contribution in [0.25, 0.3) is 0 Å². The summed E-state index contributed by atoms with van der Waals surface area (Å²) < 4.78 is 5.05. The Morgan fingerprint density at radius 3 is 2.80 bits per heavy atom. The van der Waals surface area contributed by atoms with Crippen LogP contribution in [0, 0.1) is 6.92 Å². The van der Waals surface area contributed by atoms with Gasteiger partial charge in [0.25, 0.3) is 0 Å². The third kappa shape index (κ3) is 2.85. The number of aromatic carboxylic acids is 1. The molecule has 0 spiro atoms. The van der Waals surface area contributed by atoms with Crippen molar-refractivity contribution in [2.24, 2.45) is 0 Å². The number of rotatable bonds is 3. The molecule has 0 aliphatic carbocycles. The molecule has 1 aliphatic heterocycles. The summed E-state index contributed by atoms with van der Waals surface area (Å²) in [6.45, 7) is 8.63. The Labute approximate surface area is 118 Å². The maximum Gasteiger partial charge on any atom is 0.341 e. The van der Waals surface area contributed by atoms with Gasteiger partial charge in [0.05, 0.1) is 18.5 Å². The van der Waals surface area contributed by atoms with E-state index in [-0.39, 0.29) is 17.0 Å². The lowest BCUT2D eigenvalue weighted by Crippen LogP contribution is -2.57. The van der Waals surface area contributed by atoms with Crippen molar-refractivity contribution >= 4 is 11.7 Å². The first-order chi connectivity index (χ1) is 9.34. The van der Waals surface area contributed by atoms with Gasteiger partial charge in [0.1, 0.15) is 5.56 Å². The molecule has 1 aliphatic rings. The van der Waals surface area contributed by atoms with Crippen molar-refractivity contribution in [2.45, 2.75) is 26.3 Å². The highest BCUT2D eigenvalue weighted by Crippen LogP contribution is 2.28. The van der Waals surface area contributed by atoms with Crippen molar-refractivity contribution < 1.29 is 14.6 Å². The van der Waals surface area contributed by atoms with Gasteiger partial charge in [-0.05, 0) is 26.8 Å². The molecular formula is C14H21N3O3. The largest absolute Gasteiger partial charge is 0.480 e. The van der Waals surface area contributed by atoms with Crippen LogP contribution >= 0.6 is 0 Å². The normalized spacial score (nSPS) is 17.9. The van der Waals surface area contributed by atoms with Crippen molar-refractivity contribution in [1.82, 2.24) is 10.3 Å². The maximum atomic E-state index is 11.3. The van der Waals surface area contributed by atoms with Gasteiger partial charge in [0, 0.05) is 25.2 Å². The summed E-state index contributed by atoms with van der Waals surface area (Å²) in [5, 5.41) is 12.7. The average molecular weight is 279 g/mol. The first-order valence-corrected chi connectivity index (χ1v) is 6.63. The number of aryl methyl sites for hydroxylation is 1. The molecule has 0 aromatic carbocycles. The molecule has 0 amide bonds. The average Bonchev–Trinajstić information content (AvgIpc) is 2.36. The molecule has 1 aromatic heterocycles. The second kappa shape index (κ2) is 5.28. The molecule has 6 heteroatoms. The van der Waals surface area contributed by atoms with E-state index in [1.165, 1.54) is 7.11 Å². The van der Waals surface area contributed by atoms with Crippen LogP contribution in [0.5, 0.6) is 5.88 Å². The van der Waals surface area contributed by atoms with E-state index >= 15 is 0 Å². The van der Waals surface area contributed by atoms with Gasteiger partial charge >= 0.3 is 5.97 Å². The second-order valence-electron chi connectivity index (χ2n) is 5.69. The molecule has 0 atom stereocenters. The van der Waals surface area contributed by atoms with Crippen molar-refractivity contribution in [2.75, 3.05) is 31.6 Å². The molecule has 0 saturated carbocycles. The lowest BCUT2D eigenvalue weighted by Gasteiger charge is -2.40. The van der Waals surface area contributed by atoms with Crippen LogP contribution in [0.3, 0.4) is 0 Å². The molecule has 0 bridgehead atoms. The number of ether oxygens (including phenoxy) is 1. The smallest absolute Gasteiger partial charge is 0.341 e. The fourth-order valence-corrected chi connectivity index (χ4v) is 2.55. The molecule has 2 heterocycles. The summed E-state index contributed by atoms with van der Waals surface area (Å²) in [5.74, 6) is -0.863. The topological polar surface area (TPSA) is 74.7 Å². The van der Waals surface area contributed by atoms with Crippen LogP contribution in [0.4, 0.5) is 5.69 Å². The molecule has 1 aromatic rings. The van der Waals surface area contributed by atoms with Gasteiger partial charge in [-0.15, -0.1) is 0 Å². The molecule has 2 rings (SSSR count). The van der Waals surface area contributed by atoms with Crippen LogP contribution in [-0.4, -0.2) is 48.3 Å². The Morgan fingerprint density at radius 2 is 2.25 bits per heavy atom. The van der Waals surface area contributed by atoms with Crippen LogP contribution in [0.2, 0.25) is 0 Å².